The van der Waals surface area contributed by atoms with Crippen molar-refractivity contribution in [2.45, 2.75) is 35.1 Å². The number of esters is 2. The first-order valence-corrected chi connectivity index (χ1v) is 6.81. The molecule has 0 radical (unpaired) electrons. The fourth-order valence-electron chi connectivity index (χ4n) is 0.808. The Balaban J connectivity index is -0.000000300. The molecule has 0 saturated carbocycles. The lowest BCUT2D eigenvalue weighted by Crippen LogP contribution is -2.21. The van der Waals surface area contributed by atoms with Crippen LogP contribution in [-0.4, -0.2) is 62.4 Å². The highest BCUT2D eigenvalue weighted by Crippen LogP contribution is 1.95. The van der Waals surface area contributed by atoms with Crippen molar-refractivity contribution >= 4 is 11.9 Å². The van der Waals surface area contributed by atoms with Crippen LogP contribution in [-0.2, 0) is 19.1 Å². The minimum atomic E-state index is -0.260. The third-order valence-electron chi connectivity index (χ3n) is 2.06. The molecule has 0 aliphatic carbocycles. The molecule has 0 atom stereocenters. The van der Waals surface area contributed by atoms with Gasteiger partial charge in [0.05, 0.1) is 18.4 Å². The molecule has 0 aromatic heterocycles. The molecule has 0 fully saturated rings. The van der Waals surface area contributed by atoms with Crippen molar-refractivity contribution in [1.82, 2.24) is 4.90 Å². The van der Waals surface area contributed by atoms with E-state index in [1.165, 1.54) is 0 Å². The van der Waals surface area contributed by atoms with Gasteiger partial charge in [-0.2, -0.15) is 0 Å². The standard InChI is InChI=1S/C8H17NO2.C6H12O3.CH4/c1-7(2)8(10)11-6-5-9(3)4;1-5(2)6(8)9-4-3-7;/h7H,5-6H2,1-4H3;5,7H,3-4H2,1-2H3;1H4. The van der Waals surface area contributed by atoms with E-state index < -0.39 is 0 Å². The molecule has 0 spiro atoms. The molecule has 21 heavy (non-hydrogen) atoms. The molecule has 0 heterocycles. The summed E-state index contributed by atoms with van der Waals surface area (Å²) in [5.41, 5.74) is 0. The van der Waals surface area contributed by atoms with Crippen molar-refractivity contribution in [3.05, 3.63) is 0 Å². The van der Waals surface area contributed by atoms with Gasteiger partial charge in [-0.1, -0.05) is 35.1 Å². The van der Waals surface area contributed by atoms with Crippen molar-refractivity contribution in [1.29, 1.82) is 0 Å². The number of rotatable bonds is 7. The molecule has 0 aromatic rings. The van der Waals surface area contributed by atoms with Crippen LogP contribution in [0, 0.1) is 11.8 Å². The first kappa shape index (κ1) is 24.9. The van der Waals surface area contributed by atoms with E-state index in [0.29, 0.717) is 6.61 Å². The molecule has 6 nitrogen and oxygen atoms in total. The molecule has 1 N–H and O–H groups in total. The molecule has 0 aliphatic rings. The van der Waals surface area contributed by atoms with E-state index in [-0.39, 0.29) is 44.4 Å². The Hall–Kier alpha value is -1.14. The van der Waals surface area contributed by atoms with Crippen molar-refractivity contribution in [3.8, 4) is 0 Å². The van der Waals surface area contributed by atoms with Crippen molar-refractivity contribution in [2.24, 2.45) is 11.8 Å². The Kier molecular flexibility index (Phi) is 18.0. The van der Waals surface area contributed by atoms with Crippen molar-refractivity contribution < 1.29 is 24.2 Å². The maximum Gasteiger partial charge on any atom is 0.308 e. The highest BCUT2D eigenvalue weighted by Gasteiger charge is 2.07. The first-order chi connectivity index (χ1) is 9.22. The number of hydrogen-bond acceptors (Lipinski definition) is 6. The fourth-order valence-corrected chi connectivity index (χ4v) is 0.808. The number of aliphatic hydroxyl groups excluding tert-OH is 1. The lowest BCUT2D eigenvalue weighted by molar-refractivity contribution is -0.148. The predicted octanol–water partition coefficient (Wildman–Crippen LogP) is 1.56. The molecule has 6 heteroatoms. The largest absolute Gasteiger partial charge is 0.464 e. The molecule has 0 rings (SSSR count). The summed E-state index contributed by atoms with van der Waals surface area (Å²) in [7, 11) is 3.90. The second-order valence-corrected chi connectivity index (χ2v) is 5.17. The molecule has 0 unspecified atom stereocenters. The Labute approximate surface area is 129 Å². The van der Waals surface area contributed by atoms with E-state index in [0.717, 1.165) is 6.54 Å². The molecule has 0 aromatic carbocycles. The Bertz CT molecular complexity index is 265. The molecule has 0 aliphatic heterocycles. The lowest BCUT2D eigenvalue weighted by Gasteiger charge is -2.10. The van der Waals surface area contributed by atoms with Crippen LogP contribution in [0.4, 0.5) is 0 Å². The van der Waals surface area contributed by atoms with Crippen molar-refractivity contribution in [2.75, 3.05) is 40.5 Å². The minimum Gasteiger partial charge on any atom is -0.464 e. The van der Waals surface area contributed by atoms with E-state index >= 15 is 0 Å². The Morgan fingerprint density at radius 3 is 1.62 bits per heavy atom. The van der Waals surface area contributed by atoms with Gasteiger partial charge < -0.3 is 19.5 Å². The average molecular weight is 307 g/mol. The number of ether oxygens (including phenoxy) is 2. The summed E-state index contributed by atoms with van der Waals surface area (Å²) in [4.78, 5) is 23.4. The number of aliphatic hydroxyl groups is 1. The zero-order valence-electron chi connectivity index (χ0n) is 13.5. The SMILES string of the molecule is C.CC(C)C(=O)OCCN(C)C.CC(C)C(=O)OCCO. The second kappa shape index (κ2) is 15.3. The second-order valence-electron chi connectivity index (χ2n) is 5.17. The normalized spacial score (nSPS) is 9.81. The first-order valence-electron chi connectivity index (χ1n) is 6.81. The van der Waals surface area contributed by atoms with Crippen LogP contribution in [0.1, 0.15) is 35.1 Å². The summed E-state index contributed by atoms with van der Waals surface area (Å²) >= 11 is 0. The number of hydrogen-bond donors (Lipinski definition) is 1. The van der Waals surface area contributed by atoms with E-state index in [9.17, 15) is 9.59 Å². The Morgan fingerprint density at radius 1 is 0.952 bits per heavy atom. The maximum absolute atomic E-state index is 10.9. The average Bonchev–Trinajstić information content (AvgIpc) is 2.35. The van der Waals surface area contributed by atoms with Gasteiger partial charge in [0.25, 0.3) is 0 Å². The van der Waals surface area contributed by atoms with Crippen LogP contribution in [0.5, 0.6) is 0 Å². The topological polar surface area (TPSA) is 76.1 Å². The molecule has 128 valence electrons. The zero-order valence-corrected chi connectivity index (χ0v) is 13.5. The third kappa shape index (κ3) is 18.9. The highest BCUT2D eigenvalue weighted by molar-refractivity contribution is 5.71. The summed E-state index contributed by atoms with van der Waals surface area (Å²) < 4.78 is 9.50. The van der Waals surface area contributed by atoms with Gasteiger partial charge in [0.15, 0.2) is 0 Å². The zero-order chi connectivity index (χ0) is 16.1. The molecular weight excluding hydrogens is 274 g/mol. The third-order valence-corrected chi connectivity index (χ3v) is 2.06. The van der Waals surface area contributed by atoms with E-state index in [1.54, 1.807) is 13.8 Å². The van der Waals surface area contributed by atoms with Gasteiger partial charge in [0, 0.05) is 6.54 Å². The molecule has 0 saturated heterocycles. The number of carbonyl (C=O) groups is 2. The Morgan fingerprint density at radius 2 is 1.33 bits per heavy atom. The summed E-state index contributed by atoms with van der Waals surface area (Å²) in [6, 6.07) is 0. The summed E-state index contributed by atoms with van der Waals surface area (Å²) in [6.07, 6.45) is 0. The smallest absolute Gasteiger partial charge is 0.308 e. The van der Waals surface area contributed by atoms with E-state index in [1.807, 2.05) is 32.8 Å². The van der Waals surface area contributed by atoms with Crippen LogP contribution in [0.2, 0.25) is 0 Å². The van der Waals surface area contributed by atoms with Crippen LogP contribution in [0.3, 0.4) is 0 Å². The monoisotopic (exact) mass is 307 g/mol. The highest BCUT2D eigenvalue weighted by atomic mass is 16.5. The number of nitrogens with zero attached hydrogens (tertiary/aromatic N) is 1. The van der Waals surface area contributed by atoms with Gasteiger partial charge in [-0.05, 0) is 14.1 Å². The van der Waals surface area contributed by atoms with Gasteiger partial charge in [-0.15, -0.1) is 0 Å². The summed E-state index contributed by atoms with van der Waals surface area (Å²) in [5.74, 6) is -0.496. The fraction of sp³-hybridized carbons (Fsp3) is 0.867. The minimum absolute atomic E-state index is 0. The van der Waals surface area contributed by atoms with Gasteiger partial charge in [0.2, 0.25) is 0 Å². The molecular formula is C15H33NO5. The van der Waals surface area contributed by atoms with Crippen LogP contribution < -0.4 is 0 Å². The maximum atomic E-state index is 10.9. The van der Waals surface area contributed by atoms with Gasteiger partial charge >= 0.3 is 11.9 Å². The number of likely N-dealkylation sites (N-methyl/N-ethyl adjacent to an activating group) is 1. The van der Waals surface area contributed by atoms with Gasteiger partial charge in [0.1, 0.15) is 13.2 Å². The predicted molar refractivity (Wildman–Crippen MR) is 84.0 cm³/mol. The summed E-state index contributed by atoms with van der Waals surface area (Å²) in [6.45, 7) is 8.45. The van der Waals surface area contributed by atoms with Gasteiger partial charge in [-0.25, -0.2) is 0 Å². The molecule has 0 bridgehead atoms. The molecule has 0 amide bonds. The van der Waals surface area contributed by atoms with Crippen LogP contribution in [0.15, 0.2) is 0 Å². The summed E-state index contributed by atoms with van der Waals surface area (Å²) in [5, 5.41) is 8.22. The van der Waals surface area contributed by atoms with Crippen LogP contribution in [0.25, 0.3) is 0 Å². The number of carbonyl (C=O) groups excluding carboxylic acids is 2. The van der Waals surface area contributed by atoms with E-state index in [4.69, 9.17) is 9.84 Å². The van der Waals surface area contributed by atoms with Crippen LogP contribution >= 0.6 is 0 Å². The lowest BCUT2D eigenvalue weighted by atomic mass is 10.2. The van der Waals surface area contributed by atoms with Gasteiger partial charge in [-0.3, -0.25) is 9.59 Å². The van der Waals surface area contributed by atoms with Crippen molar-refractivity contribution in [3.63, 3.8) is 0 Å². The van der Waals surface area contributed by atoms with E-state index in [2.05, 4.69) is 4.74 Å². The quantitative estimate of drug-likeness (QED) is 0.719.